The van der Waals surface area contributed by atoms with Crippen LogP contribution in [-0.4, -0.2) is 22.8 Å². The quantitative estimate of drug-likeness (QED) is 0.893. The van der Waals surface area contributed by atoms with E-state index in [2.05, 4.69) is 52.1 Å². The highest BCUT2D eigenvalue weighted by Gasteiger charge is 2.35. The van der Waals surface area contributed by atoms with Gasteiger partial charge in [0.2, 0.25) is 0 Å². The van der Waals surface area contributed by atoms with Crippen LogP contribution in [-0.2, 0) is 0 Å². The first-order chi connectivity index (χ1) is 9.39. The maximum atomic E-state index is 4.71. The molecule has 0 aromatic carbocycles. The van der Waals surface area contributed by atoms with Crippen molar-refractivity contribution in [2.45, 2.75) is 70.2 Å². The number of hydrogen-bond acceptors (Lipinski definition) is 3. The van der Waals surface area contributed by atoms with Gasteiger partial charge >= 0.3 is 0 Å². The summed E-state index contributed by atoms with van der Waals surface area (Å²) in [5.74, 6) is 0. The largest absolute Gasteiger partial charge is 0.313 e. The number of nitrogens with one attached hydrogen (secondary N) is 1. The number of nitrogens with zero attached hydrogens (tertiary/aromatic N) is 1. The molecule has 0 radical (unpaired) electrons. The first-order valence-electron chi connectivity index (χ1n) is 7.75. The summed E-state index contributed by atoms with van der Waals surface area (Å²) in [5.41, 5.74) is 2.90. The number of rotatable bonds is 4. The van der Waals surface area contributed by atoms with Crippen molar-refractivity contribution < 1.29 is 0 Å². The zero-order chi connectivity index (χ0) is 14.8. The number of aryl methyl sites for hydroxylation is 2. The molecule has 1 N–H and O–H groups in total. The van der Waals surface area contributed by atoms with E-state index < -0.39 is 0 Å². The molecule has 0 spiro atoms. The van der Waals surface area contributed by atoms with Crippen LogP contribution in [0.2, 0.25) is 0 Å². The lowest BCUT2D eigenvalue weighted by Crippen LogP contribution is -2.44. The molecule has 0 aliphatic heterocycles. The highest BCUT2D eigenvalue weighted by molar-refractivity contribution is 7.99. The average Bonchev–Trinajstić information content (AvgIpc) is 2.31. The van der Waals surface area contributed by atoms with Crippen molar-refractivity contribution in [1.82, 2.24) is 10.3 Å². The zero-order valence-electron chi connectivity index (χ0n) is 13.5. The normalized spacial score (nSPS) is 25.6. The van der Waals surface area contributed by atoms with Crippen LogP contribution < -0.4 is 5.32 Å². The topological polar surface area (TPSA) is 24.9 Å². The standard InChI is InChI=1S/C17H28N2S/c1-6-18-14-7-8-17(4,5)11-15(14)20-16-10-12(2)9-13(3)19-16/h9-10,14-15,18H,6-8,11H2,1-5H3. The van der Waals surface area contributed by atoms with Crippen molar-refractivity contribution in [2.75, 3.05) is 6.54 Å². The number of aromatic nitrogens is 1. The molecular weight excluding hydrogens is 264 g/mol. The lowest BCUT2D eigenvalue weighted by molar-refractivity contribution is 0.215. The van der Waals surface area contributed by atoms with E-state index in [1.165, 1.54) is 29.9 Å². The van der Waals surface area contributed by atoms with Crippen molar-refractivity contribution in [2.24, 2.45) is 5.41 Å². The Labute approximate surface area is 128 Å². The summed E-state index contributed by atoms with van der Waals surface area (Å²) in [4.78, 5) is 4.71. The van der Waals surface area contributed by atoms with Gasteiger partial charge in [0.15, 0.2) is 0 Å². The van der Waals surface area contributed by atoms with E-state index in [-0.39, 0.29) is 0 Å². The molecule has 20 heavy (non-hydrogen) atoms. The van der Waals surface area contributed by atoms with Gasteiger partial charge in [-0.1, -0.05) is 20.8 Å². The van der Waals surface area contributed by atoms with Gasteiger partial charge < -0.3 is 5.32 Å². The Hall–Kier alpha value is -0.540. The highest BCUT2D eigenvalue weighted by Crippen LogP contribution is 2.42. The Balaban J connectivity index is 2.13. The van der Waals surface area contributed by atoms with Gasteiger partial charge in [-0.15, -0.1) is 11.8 Å². The summed E-state index contributed by atoms with van der Waals surface area (Å²) >= 11 is 1.97. The minimum atomic E-state index is 0.461. The Kier molecular flexibility index (Phi) is 5.14. The fourth-order valence-corrected chi connectivity index (χ4v) is 4.85. The molecule has 1 aliphatic rings. The molecule has 0 saturated heterocycles. The molecule has 2 nitrogen and oxygen atoms in total. The molecule has 1 heterocycles. The van der Waals surface area contributed by atoms with E-state index in [4.69, 9.17) is 4.98 Å². The Morgan fingerprint density at radius 2 is 2.10 bits per heavy atom. The zero-order valence-corrected chi connectivity index (χ0v) is 14.3. The average molecular weight is 292 g/mol. The van der Waals surface area contributed by atoms with Crippen molar-refractivity contribution in [1.29, 1.82) is 0 Å². The molecule has 2 unspecified atom stereocenters. The molecule has 0 amide bonds. The Morgan fingerprint density at radius 1 is 1.35 bits per heavy atom. The SMILES string of the molecule is CCNC1CCC(C)(C)CC1Sc1cc(C)cc(C)n1. The molecule has 2 rings (SSSR count). The van der Waals surface area contributed by atoms with E-state index in [9.17, 15) is 0 Å². The van der Waals surface area contributed by atoms with Crippen LogP contribution >= 0.6 is 11.8 Å². The van der Waals surface area contributed by atoms with Gasteiger partial charge in [-0.3, -0.25) is 0 Å². The summed E-state index contributed by atoms with van der Waals surface area (Å²) in [6.07, 6.45) is 3.87. The fourth-order valence-electron chi connectivity index (χ4n) is 3.16. The van der Waals surface area contributed by atoms with Crippen molar-refractivity contribution in [3.63, 3.8) is 0 Å². The Morgan fingerprint density at radius 3 is 2.75 bits per heavy atom. The van der Waals surface area contributed by atoms with Gasteiger partial charge in [-0.2, -0.15) is 0 Å². The molecular formula is C17H28N2S. The van der Waals surface area contributed by atoms with Gasteiger partial charge in [0.25, 0.3) is 0 Å². The molecule has 2 atom stereocenters. The second-order valence-corrected chi connectivity index (χ2v) is 8.11. The predicted molar refractivity (Wildman–Crippen MR) is 88.5 cm³/mol. The molecule has 0 bridgehead atoms. The summed E-state index contributed by atoms with van der Waals surface area (Å²) in [5, 5.41) is 5.49. The molecule has 1 saturated carbocycles. The van der Waals surface area contributed by atoms with E-state index in [0.29, 0.717) is 16.7 Å². The fraction of sp³-hybridized carbons (Fsp3) is 0.706. The maximum Gasteiger partial charge on any atom is 0.0968 e. The lowest BCUT2D eigenvalue weighted by atomic mass is 9.75. The van der Waals surface area contributed by atoms with Gasteiger partial charge in [0.05, 0.1) is 5.03 Å². The summed E-state index contributed by atoms with van der Waals surface area (Å²) in [7, 11) is 0. The third kappa shape index (κ3) is 4.23. The van der Waals surface area contributed by atoms with Gasteiger partial charge in [-0.25, -0.2) is 4.98 Å². The van der Waals surface area contributed by atoms with Crippen molar-refractivity contribution >= 4 is 11.8 Å². The molecule has 3 heteroatoms. The van der Waals surface area contributed by atoms with Gasteiger partial charge in [-0.05, 0) is 62.8 Å². The molecule has 112 valence electrons. The van der Waals surface area contributed by atoms with E-state index >= 15 is 0 Å². The van der Waals surface area contributed by atoms with Crippen LogP contribution in [0.3, 0.4) is 0 Å². The number of pyridine rings is 1. The number of hydrogen-bond donors (Lipinski definition) is 1. The van der Waals surface area contributed by atoms with Crippen LogP contribution in [0.4, 0.5) is 0 Å². The summed E-state index contributed by atoms with van der Waals surface area (Å²) < 4.78 is 0. The molecule has 1 aliphatic carbocycles. The van der Waals surface area contributed by atoms with Crippen LogP contribution in [0.15, 0.2) is 17.2 Å². The highest BCUT2D eigenvalue weighted by atomic mass is 32.2. The van der Waals surface area contributed by atoms with E-state index in [1.54, 1.807) is 0 Å². The van der Waals surface area contributed by atoms with E-state index in [0.717, 1.165) is 12.2 Å². The minimum absolute atomic E-state index is 0.461. The summed E-state index contributed by atoms with van der Waals surface area (Å²) in [6.45, 7) is 12.3. The Bertz CT molecular complexity index is 436. The first kappa shape index (κ1) is 15.8. The summed E-state index contributed by atoms with van der Waals surface area (Å²) in [6, 6.07) is 5.00. The van der Waals surface area contributed by atoms with Crippen LogP contribution in [0, 0.1) is 19.3 Å². The van der Waals surface area contributed by atoms with Crippen LogP contribution in [0.1, 0.15) is 51.3 Å². The van der Waals surface area contributed by atoms with Crippen molar-refractivity contribution in [3.05, 3.63) is 23.4 Å². The van der Waals surface area contributed by atoms with E-state index in [1.807, 2.05) is 11.8 Å². The number of thioether (sulfide) groups is 1. The lowest BCUT2D eigenvalue weighted by Gasteiger charge is -2.40. The molecule has 1 aromatic rings. The van der Waals surface area contributed by atoms with Gasteiger partial charge in [0, 0.05) is 17.0 Å². The monoisotopic (exact) mass is 292 g/mol. The minimum Gasteiger partial charge on any atom is -0.313 e. The second kappa shape index (κ2) is 6.48. The third-order valence-corrected chi connectivity index (χ3v) is 5.40. The second-order valence-electron chi connectivity index (χ2n) is 6.85. The van der Waals surface area contributed by atoms with Crippen LogP contribution in [0.25, 0.3) is 0 Å². The van der Waals surface area contributed by atoms with Crippen LogP contribution in [0.5, 0.6) is 0 Å². The predicted octanol–water partition coefficient (Wildman–Crippen LogP) is 4.35. The first-order valence-corrected chi connectivity index (χ1v) is 8.63. The van der Waals surface area contributed by atoms with Gasteiger partial charge in [0.1, 0.15) is 0 Å². The van der Waals surface area contributed by atoms with Crippen molar-refractivity contribution in [3.8, 4) is 0 Å². The maximum absolute atomic E-state index is 4.71. The molecule has 1 aromatic heterocycles. The molecule has 1 fully saturated rings. The third-order valence-electron chi connectivity index (χ3n) is 4.15. The smallest absolute Gasteiger partial charge is 0.0968 e.